The summed E-state index contributed by atoms with van der Waals surface area (Å²) in [6.07, 6.45) is 3.25. The third-order valence-corrected chi connectivity index (χ3v) is 6.13. The number of nitrogens with one attached hydrogen (secondary N) is 1. The van der Waals surface area contributed by atoms with Crippen molar-refractivity contribution in [3.05, 3.63) is 59.4 Å². The van der Waals surface area contributed by atoms with Crippen LogP contribution in [0.25, 0.3) is 0 Å². The summed E-state index contributed by atoms with van der Waals surface area (Å²) >= 11 is 0. The van der Waals surface area contributed by atoms with E-state index in [4.69, 9.17) is 23.7 Å². The molecule has 0 saturated carbocycles. The number of hydrogen-bond donors (Lipinski definition) is 1. The fourth-order valence-electron chi connectivity index (χ4n) is 3.97. The number of anilines is 2. The molecule has 38 heavy (non-hydrogen) atoms. The minimum absolute atomic E-state index is 0.0263. The van der Waals surface area contributed by atoms with Crippen molar-refractivity contribution >= 4 is 11.6 Å². The predicted molar refractivity (Wildman–Crippen MR) is 138 cm³/mol. The second kappa shape index (κ2) is 13.2. The van der Waals surface area contributed by atoms with Gasteiger partial charge in [0.2, 0.25) is 5.95 Å². The number of benzene rings is 2. The SMILES string of the molecule is CCc1cc(OC)c(F)c(COc2cnc(Nc3ccc(OC)c(OCCN4CCOCC4)c3)nc2)c1F. The molecule has 0 atom stereocenters. The number of ether oxygens (including phenoxy) is 5. The van der Waals surface area contributed by atoms with E-state index in [2.05, 4.69) is 20.2 Å². The highest BCUT2D eigenvalue weighted by Crippen LogP contribution is 2.31. The number of halogens is 2. The van der Waals surface area contributed by atoms with Gasteiger partial charge in [-0.2, -0.15) is 0 Å². The van der Waals surface area contributed by atoms with E-state index in [0.717, 1.165) is 32.8 Å². The Bertz CT molecular complexity index is 1180. The maximum absolute atomic E-state index is 14.7. The molecule has 0 bridgehead atoms. The Hall–Kier alpha value is -3.70. The van der Waals surface area contributed by atoms with Gasteiger partial charge >= 0.3 is 0 Å². The molecule has 0 aliphatic carbocycles. The number of morpholine rings is 1. The molecule has 2 aromatic carbocycles. The van der Waals surface area contributed by atoms with Crippen LogP contribution in [0.15, 0.2) is 36.7 Å². The molecular formula is C27H32F2N4O5. The van der Waals surface area contributed by atoms with E-state index >= 15 is 0 Å². The molecule has 0 spiro atoms. The minimum Gasteiger partial charge on any atom is -0.494 e. The first kappa shape index (κ1) is 27.3. The van der Waals surface area contributed by atoms with Crippen molar-refractivity contribution in [1.82, 2.24) is 14.9 Å². The lowest BCUT2D eigenvalue weighted by Crippen LogP contribution is -2.38. The van der Waals surface area contributed by atoms with Crippen LogP contribution in [-0.4, -0.2) is 68.5 Å². The lowest BCUT2D eigenvalue weighted by Gasteiger charge is -2.26. The fraction of sp³-hybridized carbons (Fsp3) is 0.407. The minimum atomic E-state index is -0.788. The zero-order valence-electron chi connectivity index (χ0n) is 21.8. The molecule has 9 nitrogen and oxygen atoms in total. The van der Waals surface area contributed by atoms with E-state index in [1.54, 1.807) is 20.1 Å². The Kier molecular flexibility index (Phi) is 9.50. The van der Waals surface area contributed by atoms with Gasteiger partial charge in [0, 0.05) is 31.4 Å². The van der Waals surface area contributed by atoms with Gasteiger partial charge in [0.1, 0.15) is 19.0 Å². The topological polar surface area (TPSA) is 87.2 Å². The maximum atomic E-state index is 14.7. The van der Waals surface area contributed by atoms with Crippen molar-refractivity contribution in [3.8, 4) is 23.0 Å². The highest BCUT2D eigenvalue weighted by atomic mass is 19.1. The second-order valence-corrected chi connectivity index (χ2v) is 8.52. The summed E-state index contributed by atoms with van der Waals surface area (Å²) < 4.78 is 56.6. The van der Waals surface area contributed by atoms with Crippen LogP contribution in [0.5, 0.6) is 23.0 Å². The average molecular weight is 531 g/mol. The first-order chi connectivity index (χ1) is 18.5. The van der Waals surface area contributed by atoms with Crippen molar-refractivity contribution in [1.29, 1.82) is 0 Å². The molecule has 1 saturated heterocycles. The van der Waals surface area contributed by atoms with Crippen molar-refractivity contribution in [2.45, 2.75) is 20.0 Å². The zero-order chi connectivity index (χ0) is 26.9. The number of rotatable bonds is 12. The van der Waals surface area contributed by atoms with Crippen LogP contribution < -0.4 is 24.3 Å². The summed E-state index contributed by atoms with van der Waals surface area (Å²) in [4.78, 5) is 10.8. The van der Waals surface area contributed by atoms with Crippen molar-refractivity contribution in [2.75, 3.05) is 59.0 Å². The Labute approximate surface area is 220 Å². The first-order valence-corrected chi connectivity index (χ1v) is 12.4. The van der Waals surface area contributed by atoms with Crippen LogP contribution >= 0.6 is 0 Å². The molecule has 0 amide bonds. The van der Waals surface area contributed by atoms with E-state index in [9.17, 15) is 8.78 Å². The number of aryl methyl sites for hydroxylation is 1. The Morgan fingerprint density at radius 2 is 1.68 bits per heavy atom. The molecule has 204 valence electrons. The third kappa shape index (κ3) is 6.78. The van der Waals surface area contributed by atoms with Crippen molar-refractivity contribution in [3.63, 3.8) is 0 Å². The van der Waals surface area contributed by atoms with E-state index in [0.29, 0.717) is 41.7 Å². The van der Waals surface area contributed by atoms with Gasteiger partial charge in [-0.15, -0.1) is 0 Å². The standard InChI is InChI=1S/C27H32F2N4O5/c1-4-18-13-24(35-3)26(29)21(25(18)28)17-38-20-15-30-27(31-16-20)32-19-5-6-22(34-2)23(14-19)37-12-9-33-7-10-36-11-8-33/h5-6,13-16H,4,7-12,17H2,1-3H3,(H,30,31,32). The van der Waals surface area contributed by atoms with Gasteiger partial charge < -0.3 is 29.0 Å². The van der Waals surface area contributed by atoms with Crippen LogP contribution in [0.2, 0.25) is 0 Å². The molecule has 3 aromatic rings. The van der Waals surface area contributed by atoms with Gasteiger partial charge in [-0.3, -0.25) is 4.90 Å². The first-order valence-electron chi connectivity index (χ1n) is 12.4. The third-order valence-electron chi connectivity index (χ3n) is 6.13. The molecular weight excluding hydrogens is 498 g/mol. The summed E-state index contributed by atoms with van der Waals surface area (Å²) in [5, 5.41) is 3.11. The molecule has 0 unspecified atom stereocenters. The van der Waals surface area contributed by atoms with Gasteiger partial charge in [0.25, 0.3) is 0 Å². The van der Waals surface area contributed by atoms with E-state index in [1.807, 2.05) is 12.1 Å². The van der Waals surface area contributed by atoms with Crippen LogP contribution in [-0.2, 0) is 17.8 Å². The summed E-state index contributed by atoms with van der Waals surface area (Å²) in [5.41, 5.74) is 0.845. The molecule has 1 N–H and O–H groups in total. The number of methoxy groups -OCH3 is 2. The number of hydrogen-bond acceptors (Lipinski definition) is 9. The Morgan fingerprint density at radius 3 is 2.37 bits per heavy atom. The van der Waals surface area contributed by atoms with E-state index in [-0.39, 0.29) is 23.7 Å². The van der Waals surface area contributed by atoms with Gasteiger partial charge in [-0.25, -0.2) is 18.7 Å². The molecule has 1 fully saturated rings. The molecule has 1 aliphatic rings. The predicted octanol–water partition coefficient (Wildman–Crippen LogP) is 4.37. The fourth-order valence-corrected chi connectivity index (χ4v) is 3.97. The second-order valence-electron chi connectivity index (χ2n) is 8.52. The quantitative estimate of drug-likeness (QED) is 0.367. The van der Waals surface area contributed by atoms with Crippen LogP contribution in [0.1, 0.15) is 18.1 Å². The van der Waals surface area contributed by atoms with Gasteiger partial charge in [-0.1, -0.05) is 6.92 Å². The largest absolute Gasteiger partial charge is 0.494 e. The highest BCUT2D eigenvalue weighted by Gasteiger charge is 2.19. The molecule has 4 rings (SSSR count). The van der Waals surface area contributed by atoms with Gasteiger partial charge in [0.05, 0.1) is 45.4 Å². The molecule has 11 heteroatoms. The summed E-state index contributed by atoms with van der Waals surface area (Å²) in [7, 11) is 2.93. The number of aromatic nitrogens is 2. The van der Waals surface area contributed by atoms with Crippen LogP contribution in [0.3, 0.4) is 0 Å². The monoisotopic (exact) mass is 530 g/mol. The summed E-state index contributed by atoms with van der Waals surface area (Å²) in [6.45, 7) is 6.01. The maximum Gasteiger partial charge on any atom is 0.227 e. The van der Waals surface area contributed by atoms with E-state index < -0.39 is 11.6 Å². The zero-order valence-corrected chi connectivity index (χ0v) is 21.8. The van der Waals surface area contributed by atoms with Crippen LogP contribution in [0.4, 0.5) is 20.4 Å². The smallest absolute Gasteiger partial charge is 0.227 e. The van der Waals surface area contributed by atoms with Crippen molar-refractivity contribution in [2.24, 2.45) is 0 Å². The van der Waals surface area contributed by atoms with Crippen molar-refractivity contribution < 1.29 is 32.5 Å². The normalized spacial score (nSPS) is 13.7. The molecule has 1 aromatic heterocycles. The van der Waals surface area contributed by atoms with E-state index in [1.165, 1.54) is 25.6 Å². The lowest BCUT2D eigenvalue weighted by atomic mass is 10.1. The summed E-state index contributed by atoms with van der Waals surface area (Å²) in [5.74, 6) is 0.328. The highest BCUT2D eigenvalue weighted by molar-refractivity contribution is 5.59. The number of nitrogens with zero attached hydrogens (tertiary/aromatic N) is 3. The lowest BCUT2D eigenvalue weighted by molar-refractivity contribution is 0.0321. The van der Waals surface area contributed by atoms with Crippen LogP contribution in [0, 0.1) is 11.6 Å². The molecule has 2 heterocycles. The molecule has 1 aliphatic heterocycles. The molecule has 0 radical (unpaired) electrons. The van der Waals surface area contributed by atoms with Gasteiger partial charge in [0.15, 0.2) is 28.8 Å². The summed E-state index contributed by atoms with van der Waals surface area (Å²) in [6, 6.07) is 6.79. The average Bonchev–Trinajstić information content (AvgIpc) is 2.95. The van der Waals surface area contributed by atoms with Gasteiger partial charge in [-0.05, 0) is 30.2 Å². The Balaban J connectivity index is 1.37. The Morgan fingerprint density at radius 1 is 0.947 bits per heavy atom.